The quantitative estimate of drug-likeness (QED) is 0.465. The molecule has 24 heavy (non-hydrogen) atoms. The third-order valence-electron chi connectivity index (χ3n) is 3.31. The number of allylic oxidation sites excluding steroid dienone is 4. The second kappa shape index (κ2) is 7.70. The molecule has 1 aromatic carbocycles. The lowest BCUT2D eigenvalue weighted by molar-refractivity contribution is -0.130. The average molecular weight is 345 g/mol. The van der Waals surface area contributed by atoms with E-state index in [4.69, 9.17) is 0 Å². The Morgan fingerprint density at radius 3 is 2.42 bits per heavy atom. The number of rotatable bonds is 7. The summed E-state index contributed by atoms with van der Waals surface area (Å²) in [7, 11) is -3.24. The van der Waals surface area contributed by atoms with Crippen LogP contribution in [0.1, 0.15) is 16.7 Å². The number of carboxylic acid groups (broad SMARTS) is 1. The number of carboxylic acids is 1. The standard InChI is InChI=1S/C18H19NO4S/c1-6-14(8-7-11-24(5,22)23)15-9-10-16(19-4)17(12(15)2)13(3)18(20)21/h6-11H,1,3-4H2,2,5H3,(H,20,21)/b11-7+,14-8+. The van der Waals surface area contributed by atoms with Gasteiger partial charge in [0.2, 0.25) is 0 Å². The second-order valence-electron chi connectivity index (χ2n) is 5.06. The van der Waals surface area contributed by atoms with Crippen molar-refractivity contribution >= 4 is 39.4 Å². The van der Waals surface area contributed by atoms with E-state index < -0.39 is 15.8 Å². The van der Waals surface area contributed by atoms with Gasteiger partial charge in [0, 0.05) is 17.2 Å². The first-order valence-electron chi connectivity index (χ1n) is 6.86. The van der Waals surface area contributed by atoms with Crippen LogP contribution in [0.4, 0.5) is 5.69 Å². The van der Waals surface area contributed by atoms with Crippen LogP contribution in [0, 0.1) is 6.92 Å². The highest BCUT2D eigenvalue weighted by Gasteiger charge is 2.17. The van der Waals surface area contributed by atoms with Crippen molar-refractivity contribution in [1.29, 1.82) is 0 Å². The van der Waals surface area contributed by atoms with Crippen molar-refractivity contribution in [3.05, 3.63) is 65.6 Å². The smallest absolute Gasteiger partial charge is 0.335 e. The summed E-state index contributed by atoms with van der Waals surface area (Å²) in [6.45, 7) is 12.5. The molecule has 0 aliphatic heterocycles. The van der Waals surface area contributed by atoms with Gasteiger partial charge in [0.1, 0.15) is 0 Å². The van der Waals surface area contributed by atoms with Crippen LogP contribution in [0.2, 0.25) is 0 Å². The van der Waals surface area contributed by atoms with Crippen molar-refractivity contribution in [3.63, 3.8) is 0 Å². The first-order valence-corrected chi connectivity index (χ1v) is 8.82. The Morgan fingerprint density at radius 1 is 1.33 bits per heavy atom. The molecular weight excluding hydrogens is 326 g/mol. The van der Waals surface area contributed by atoms with Crippen molar-refractivity contribution in [2.45, 2.75) is 6.92 Å². The molecule has 1 aromatic rings. The summed E-state index contributed by atoms with van der Waals surface area (Å²) in [5.74, 6) is -1.15. The van der Waals surface area contributed by atoms with Crippen LogP contribution in [0.25, 0.3) is 11.1 Å². The summed E-state index contributed by atoms with van der Waals surface area (Å²) in [4.78, 5) is 15.1. The fraction of sp³-hybridized carbons (Fsp3) is 0.111. The van der Waals surface area contributed by atoms with E-state index in [2.05, 4.69) is 24.9 Å². The third kappa shape index (κ3) is 4.63. The predicted octanol–water partition coefficient (Wildman–Crippen LogP) is 3.55. The van der Waals surface area contributed by atoms with Gasteiger partial charge in [-0.05, 0) is 36.4 Å². The first-order chi connectivity index (χ1) is 11.1. The Morgan fingerprint density at radius 2 is 1.96 bits per heavy atom. The van der Waals surface area contributed by atoms with Crippen molar-refractivity contribution in [2.75, 3.05) is 6.26 Å². The number of hydrogen-bond acceptors (Lipinski definition) is 4. The molecule has 0 bridgehead atoms. The van der Waals surface area contributed by atoms with Crippen molar-refractivity contribution in [3.8, 4) is 0 Å². The molecule has 0 radical (unpaired) electrons. The van der Waals surface area contributed by atoms with Gasteiger partial charge in [-0.25, -0.2) is 13.2 Å². The fourth-order valence-electron chi connectivity index (χ4n) is 2.18. The zero-order chi connectivity index (χ0) is 18.5. The maximum absolute atomic E-state index is 11.3. The monoisotopic (exact) mass is 345 g/mol. The number of aliphatic imine (C=N–C) groups is 1. The van der Waals surface area contributed by atoms with Crippen LogP contribution in [0.3, 0.4) is 0 Å². The Labute approximate surface area is 142 Å². The molecule has 0 unspecified atom stereocenters. The van der Waals surface area contributed by atoms with Crippen LogP contribution < -0.4 is 0 Å². The molecule has 0 saturated carbocycles. The van der Waals surface area contributed by atoms with E-state index in [1.54, 1.807) is 31.2 Å². The van der Waals surface area contributed by atoms with Gasteiger partial charge in [0.15, 0.2) is 9.84 Å². The molecule has 0 atom stereocenters. The maximum atomic E-state index is 11.3. The van der Waals surface area contributed by atoms with Gasteiger partial charge < -0.3 is 5.11 Å². The number of nitrogens with zero attached hydrogens (tertiary/aromatic N) is 1. The minimum atomic E-state index is -3.24. The third-order valence-corrected chi connectivity index (χ3v) is 3.96. The molecule has 0 fully saturated rings. The lowest BCUT2D eigenvalue weighted by Crippen LogP contribution is -2.02. The summed E-state index contributed by atoms with van der Waals surface area (Å²) in [6.07, 6.45) is 5.64. The van der Waals surface area contributed by atoms with Gasteiger partial charge in [0.05, 0.1) is 11.3 Å². The molecule has 0 heterocycles. The van der Waals surface area contributed by atoms with Crippen molar-refractivity contribution in [1.82, 2.24) is 0 Å². The highest BCUT2D eigenvalue weighted by molar-refractivity contribution is 7.93. The lowest BCUT2D eigenvalue weighted by atomic mass is 9.91. The molecular formula is C18H19NO4S. The van der Waals surface area contributed by atoms with Gasteiger partial charge in [-0.2, -0.15) is 0 Å². The van der Waals surface area contributed by atoms with Crippen molar-refractivity contribution < 1.29 is 18.3 Å². The predicted molar refractivity (Wildman–Crippen MR) is 99.2 cm³/mol. The minimum absolute atomic E-state index is 0.0909. The molecule has 0 aliphatic carbocycles. The molecule has 1 N–H and O–H groups in total. The summed E-state index contributed by atoms with van der Waals surface area (Å²) < 4.78 is 22.3. The Balaban J connectivity index is 3.57. The van der Waals surface area contributed by atoms with E-state index >= 15 is 0 Å². The lowest BCUT2D eigenvalue weighted by Gasteiger charge is -2.14. The number of aliphatic carboxylic acids is 1. The summed E-state index contributed by atoms with van der Waals surface area (Å²) in [5, 5.41) is 10.3. The van der Waals surface area contributed by atoms with Crippen molar-refractivity contribution in [2.24, 2.45) is 4.99 Å². The Hall–Kier alpha value is -2.73. The largest absolute Gasteiger partial charge is 0.478 e. The van der Waals surface area contributed by atoms with Gasteiger partial charge >= 0.3 is 5.97 Å². The Bertz CT molecular complexity index is 875. The average Bonchev–Trinajstić information content (AvgIpc) is 2.50. The molecule has 126 valence electrons. The van der Waals surface area contributed by atoms with Gasteiger partial charge in [0.25, 0.3) is 0 Å². The van der Waals surface area contributed by atoms with Gasteiger partial charge in [-0.3, -0.25) is 4.99 Å². The molecule has 6 heteroatoms. The number of sulfone groups is 1. The van der Waals surface area contributed by atoms with E-state index in [1.165, 1.54) is 6.08 Å². The number of hydrogen-bond donors (Lipinski definition) is 1. The van der Waals surface area contributed by atoms with Crippen LogP contribution in [0.5, 0.6) is 0 Å². The van der Waals surface area contributed by atoms with Crippen LogP contribution in [-0.2, 0) is 14.6 Å². The Kier molecular flexibility index (Phi) is 6.20. The molecule has 5 nitrogen and oxygen atoms in total. The number of benzene rings is 1. The zero-order valence-electron chi connectivity index (χ0n) is 13.6. The minimum Gasteiger partial charge on any atom is -0.478 e. The zero-order valence-corrected chi connectivity index (χ0v) is 14.4. The molecule has 0 spiro atoms. The SMILES string of the molecule is C=C/C(=C\C=C\S(C)(=O)=O)c1ccc(N=C)c(C(=C)C(=O)O)c1C. The fourth-order valence-corrected chi connectivity index (χ4v) is 2.55. The van der Waals surface area contributed by atoms with E-state index in [9.17, 15) is 18.3 Å². The first kappa shape index (κ1) is 19.3. The van der Waals surface area contributed by atoms with Crippen LogP contribution in [-0.4, -0.2) is 32.5 Å². The number of carbonyl (C=O) groups is 1. The van der Waals surface area contributed by atoms with E-state index in [1.807, 2.05) is 0 Å². The highest BCUT2D eigenvalue weighted by atomic mass is 32.2. The summed E-state index contributed by atoms with van der Waals surface area (Å²) >= 11 is 0. The second-order valence-corrected chi connectivity index (χ2v) is 6.99. The highest BCUT2D eigenvalue weighted by Crippen LogP contribution is 2.34. The van der Waals surface area contributed by atoms with E-state index in [0.29, 0.717) is 28.0 Å². The van der Waals surface area contributed by atoms with E-state index in [0.717, 1.165) is 11.7 Å². The summed E-state index contributed by atoms with van der Waals surface area (Å²) in [6, 6.07) is 3.39. The molecule has 0 aliphatic rings. The van der Waals surface area contributed by atoms with Crippen LogP contribution in [0.15, 0.2) is 53.9 Å². The van der Waals surface area contributed by atoms with Gasteiger partial charge in [-0.1, -0.05) is 37.5 Å². The summed E-state index contributed by atoms with van der Waals surface area (Å²) in [5.41, 5.74) is 2.70. The maximum Gasteiger partial charge on any atom is 0.335 e. The normalized spacial score (nSPS) is 12.2. The van der Waals surface area contributed by atoms with Crippen LogP contribution >= 0.6 is 0 Å². The molecule has 0 amide bonds. The van der Waals surface area contributed by atoms with E-state index in [-0.39, 0.29) is 5.57 Å². The molecule has 0 saturated heterocycles. The van der Waals surface area contributed by atoms with Gasteiger partial charge in [-0.15, -0.1) is 0 Å². The molecule has 0 aromatic heterocycles. The molecule has 1 rings (SSSR count). The topological polar surface area (TPSA) is 83.8 Å².